The monoisotopic (exact) mass is 257 g/mol. The standard InChI is InChI=1S/C14H15N3O2/c18-16-14-5-2-11-10-12(3-4-13(11)14)19-9-8-17-7-1-6-15-17/h1,3-4,6-7,10,18H,2,5,8-9H2/b16-14-. The lowest BCUT2D eigenvalue weighted by molar-refractivity contribution is 0.291. The second-order valence-corrected chi connectivity index (χ2v) is 4.48. The SMILES string of the molecule is O/N=C1/CCc2cc(OCCn3cccn3)ccc21. The predicted octanol–water partition coefficient (Wildman–Crippen LogP) is 2.09. The highest BCUT2D eigenvalue weighted by molar-refractivity contribution is 6.04. The first-order valence-electron chi connectivity index (χ1n) is 6.31. The minimum atomic E-state index is 0.585. The van der Waals surface area contributed by atoms with E-state index < -0.39 is 0 Å². The molecular weight excluding hydrogens is 242 g/mol. The molecule has 0 unspecified atom stereocenters. The number of fused-ring (bicyclic) bond motifs is 1. The fourth-order valence-electron chi connectivity index (χ4n) is 2.33. The predicted molar refractivity (Wildman–Crippen MR) is 70.8 cm³/mol. The lowest BCUT2D eigenvalue weighted by Gasteiger charge is -2.08. The number of nitrogens with zero attached hydrogens (tertiary/aromatic N) is 3. The van der Waals surface area contributed by atoms with E-state index in [1.165, 1.54) is 5.56 Å². The van der Waals surface area contributed by atoms with Crippen LogP contribution in [-0.2, 0) is 13.0 Å². The van der Waals surface area contributed by atoms with Crippen molar-refractivity contribution in [3.8, 4) is 5.75 Å². The van der Waals surface area contributed by atoms with Crippen LogP contribution < -0.4 is 4.74 Å². The number of hydrogen-bond acceptors (Lipinski definition) is 4. The Labute approximate surface area is 111 Å². The average molecular weight is 257 g/mol. The zero-order valence-corrected chi connectivity index (χ0v) is 10.5. The molecule has 1 N–H and O–H groups in total. The number of aryl methyl sites for hydroxylation is 1. The summed E-state index contributed by atoms with van der Waals surface area (Å²) in [4.78, 5) is 0. The van der Waals surface area contributed by atoms with Gasteiger partial charge in [0.05, 0.1) is 12.3 Å². The molecule has 0 saturated heterocycles. The number of oxime groups is 1. The summed E-state index contributed by atoms with van der Waals surface area (Å²) in [6.45, 7) is 1.31. The van der Waals surface area contributed by atoms with E-state index >= 15 is 0 Å². The van der Waals surface area contributed by atoms with Crippen molar-refractivity contribution < 1.29 is 9.94 Å². The van der Waals surface area contributed by atoms with E-state index in [0.29, 0.717) is 6.61 Å². The van der Waals surface area contributed by atoms with Gasteiger partial charge in [0.15, 0.2) is 0 Å². The van der Waals surface area contributed by atoms with Crippen LogP contribution in [-0.4, -0.2) is 27.3 Å². The molecule has 0 atom stereocenters. The zero-order chi connectivity index (χ0) is 13.1. The smallest absolute Gasteiger partial charge is 0.119 e. The van der Waals surface area contributed by atoms with E-state index in [0.717, 1.165) is 36.4 Å². The number of rotatable bonds is 4. The summed E-state index contributed by atoms with van der Waals surface area (Å²) in [5, 5.41) is 16.3. The maximum absolute atomic E-state index is 8.88. The summed E-state index contributed by atoms with van der Waals surface area (Å²) in [5.74, 6) is 0.852. The largest absolute Gasteiger partial charge is 0.492 e. The summed E-state index contributed by atoms with van der Waals surface area (Å²) in [5.41, 5.74) is 2.98. The maximum Gasteiger partial charge on any atom is 0.119 e. The molecule has 0 aliphatic heterocycles. The van der Waals surface area contributed by atoms with Gasteiger partial charge in [-0.3, -0.25) is 4.68 Å². The summed E-state index contributed by atoms with van der Waals surface area (Å²) < 4.78 is 7.55. The molecule has 5 heteroatoms. The zero-order valence-electron chi connectivity index (χ0n) is 10.5. The molecule has 2 aromatic rings. The number of benzene rings is 1. The first-order chi connectivity index (χ1) is 9.36. The van der Waals surface area contributed by atoms with Gasteiger partial charge in [-0.25, -0.2) is 0 Å². The van der Waals surface area contributed by atoms with Crippen LogP contribution in [0, 0.1) is 0 Å². The Hall–Kier alpha value is -2.30. The highest BCUT2D eigenvalue weighted by atomic mass is 16.5. The van der Waals surface area contributed by atoms with Crippen LogP contribution in [0.3, 0.4) is 0 Å². The Kier molecular flexibility index (Phi) is 3.18. The van der Waals surface area contributed by atoms with E-state index in [2.05, 4.69) is 10.3 Å². The number of aromatic nitrogens is 2. The highest BCUT2D eigenvalue weighted by Gasteiger charge is 2.18. The minimum absolute atomic E-state index is 0.585. The van der Waals surface area contributed by atoms with E-state index in [1.807, 2.05) is 35.1 Å². The van der Waals surface area contributed by atoms with E-state index in [9.17, 15) is 0 Å². The van der Waals surface area contributed by atoms with Crippen LogP contribution in [0.4, 0.5) is 0 Å². The molecule has 0 saturated carbocycles. The summed E-state index contributed by atoms with van der Waals surface area (Å²) in [6, 6.07) is 7.79. The van der Waals surface area contributed by atoms with Gasteiger partial charge >= 0.3 is 0 Å². The Morgan fingerprint density at radius 1 is 1.37 bits per heavy atom. The Morgan fingerprint density at radius 3 is 3.11 bits per heavy atom. The van der Waals surface area contributed by atoms with Crippen molar-refractivity contribution in [3.05, 3.63) is 47.8 Å². The molecule has 0 amide bonds. The Morgan fingerprint density at radius 2 is 2.32 bits per heavy atom. The van der Waals surface area contributed by atoms with Gasteiger partial charge in [0, 0.05) is 18.0 Å². The van der Waals surface area contributed by atoms with Gasteiger partial charge in [0.2, 0.25) is 0 Å². The first-order valence-corrected chi connectivity index (χ1v) is 6.31. The van der Waals surface area contributed by atoms with Crippen molar-refractivity contribution in [1.82, 2.24) is 9.78 Å². The molecule has 0 spiro atoms. The molecule has 0 bridgehead atoms. The first kappa shape index (κ1) is 11.8. The van der Waals surface area contributed by atoms with Crippen LogP contribution in [0.5, 0.6) is 5.75 Å². The molecule has 98 valence electrons. The summed E-state index contributed by atoms with van der Waals surface area (Å²) >= 11 is 0. The molecule has 5 nitrogen and oxygen atoms in total. The molecule has 0 fully saturated rings. The van der Waals surface area contributed by atoms with Gasteiger partial charge in [-0.05, 0) is 42.7 Å². The molecule has 1 heterocycles. The fourth-order valence-corrected chi connectivity index (χ4v) is 2.33. The van der Waals surface area contributed by atoms with Crippen LogP contribution in [0.25, 0.3) is 0 Å². The molecule has 1 aliphatic rings. The minimum Gasteiger partial charge on any atom is -0.492 e. The van der Waals surface area contributed by atoms with Crippen molar-refractivity contribution in [2.75, 3.05) is 6.61 Å². The lowest BCUT2D eigenvalue weighted by atomic mass is 10.1. The van der Waals surface area contributed by atoms with Crippen LogP contribution >= 0.6 is 0 Å². The van der Waals surface area contributed by atoms with Crippen LogP contribution in [0.1, 0.15) is 17.5 Å². The fraction of sp³-hybridized carbons (Fsp3) is 0.286. The quantitative estimate of drug-likeness (QED) is 0.674. The molecule has 3 rings (SSSR count). The van der Waals surface area contributed by atoms with E-state index in [-0.39, 0.29) is 0 Å². The second-order valence-electron chi connectivity index (χ2n) is 4.48. The normalized spacial score (nSPS) is 15.7. The molecule has 1 aromatic carbocycles. The summed E-state index contributed by atoms with van der Waals surface area (Å²) in [7, 11) is 0. The van der Waals surface area contributed by atoms with Gasteiger partial charge in [0.25, 0.3) is 0 Å². The Bertz CT molecular complexity index is 591. The molecule has 0 radical (unpaired) electrons. The van der Waals surface area contributed by atoms with Gasteiger partial charge in [0.1, 0.15) is 12.4 Å². The maximum atomic E-state index is 8.88. The third kappa shape index (κ3) is 2.45. The molecule has 1 aromatic heterocycles. The van der Waals surface area contributed by atoms with Crippen LogP contribution in [0.2, 0.25) is 0 Å². The van der Waals surface area contributed by atoms with Crippen molar-refractivity contribution in [2.45, 2.75) is 19.4 Å². The number of hydrogen-bond donors (Lipinski definition) is 1. The van der Waals surface area contributed by atoms with Gasteiger partial charge in [-0.1, -0.05) is 5.16 Å². The third-order valence-corrected chi connectivity index (χ3v) is 3.29. The third-order valence-electron chi connectivity index (χ3n) is 3.29. The average Bonchev–Trinajstić information content (AvgIpc) is 3.07. The van der Waals surface area contributed by atoms with E-state index in [1.54, 1.807) is 6.20 Å². The topological polar surface area (TPSA) is 59.6 Å². The summed E-state index contributed by atoms with van der Waals surface area (Å²) in [6.07, 6.45) is 5.37. The number of ether oxygens (including phenoxy) is 1. The highest BCUT2D eigenvalue weighted by Crippen LogP contribution is 2.26. The second kappa shape index (κ2) is 5.14. The van der Waals surface area contributed by atoms with Crippen LogP contribution in [0.15, 0.2) is 41.8 Å². The van der Waals surface area contributed by atoms with Crippen molar-refractivity contribution in [1.29, 1.82) is 0 Å². The molecule has 1 aliphatic carbocycles. The van der Waals surface area contributed by atoms with Crippen molar-refractivity contribution in [2.24, 2.45) is 5.16 Å². The lowest BCUT2D eigenvalue weighted by Crippen LogP contribution is -2.08. The van der Waals surface area contributed by atoms with Gasteiger partial charge < -0.3 is 9.94 Å². The van der Waals surface area contributed by atoms with Gasteiger partial charge in [-0.2, -0.15) is 5.10 Å². The van der Waals surface area contributed by atoms with Crippen molar-refractivity contribution in [3.63, 3.8) is 0 Å². The van der Waals surface area contributed by atoms with E-state index in [4.69, 9.17) is 9.94 Å². The van der Waals surface area contributed by atoms with Gasteiger partial charge in [-0.15, -0.1) is 0 Å². The molecule has 19 heavy (non-hydrogen) atoms. The van der Waals surface area contributed by atoms with Crippen molar-refractivity contribution >= 4 is 5.71 Å². The Balaban J connectivity index is 1.64. The molecular formula is C14H15N3O2.